The molecule has 1 aromatic carbocycles. The van der Waals surface area contributed by atoms with Crippen molar-refractivity contribution < 1.29 is 9.59 Å². The topological polar surface area (TPSA) is 88.3 Å². The summed E-state index contributed by atoms with van der Waals surface area (Å²) < 4.78 is 0. The lowest BCUT2D eigenvalue weighted by molar-refractivity contribution is -0.118. The molecule has 0 saturated carbocycles. The van der Waals surface area contributed by atoms with Crippen LogP contribution < -0.4 is 16.0 Å². The minimum absolute atomic E-state index is 0.0890. The maximum Gasteiger partial charge on any atom is 0.271 e. The molecular formula is C15H16N4O2S. The second-order valence-electron chi connectivity index (χ2n) is 4.97. The zero-order valence-corrected chi connectivity index (χ0v) is 12.7. The number of para-hydroxylation sites is 1. The molecule has 1 unspecified atom stereocenters. The Morgan fingerprint density at radius 3 is 2.86 bits per heavy atom. The number of rotatable bonds is 4. The number of nitrogens with one attached hydrogen (secondary N) is 1. The number of carbonyl (C=O) groups is 2. The molecule has 2 heterocycles. The molecule has 1 aromatic heterocycles. The van der Waals surface area contributed by atoms with E-state index in [1.165, 1.54) is 11.3 Å². The van der Waals surface area contributed by atoms with Crippen LogP contribution in [0.4, 0.5) is 5.69 Å². The van der Waals surface area contributed by atoms with Gasteiger partial charge in [0.2, 0.25) is 5.91 Å². The fraction of sp³-hybridized carbons (Fsp3) is 0.267. The number of thiazole rings is 1. The second-order valence-corrected chi connectivity index (χ2v) is 5.91. The summed E-state index contributed by atoms with van der Waals surface area (Å²) in [6, 6.07) is 8.94. The average Bonchev–Trinajstić information content (AvgIpc) is 3.16. The van der Waals surface area contributed by atoms with Crippen LogP contribution in [0.15, 0.2) is 35.7 Å². The summed E-state index contributed by atoms with van der Waals surface area (Å²) in [5.74, 6) is -0.418. The van der Waals surface area contributed by atoms with Gasteiger partial charge in [-0.25, -0.2) is 4.98 Å². The number of hydrogen-bond donors (Lipinski definition) is 2. The molecule has 0 aliphatic carbocycles. The molecule has 1 saturated heterocycles. The van der Waals surface area contributed by atoms with E-state index < -0.39 is 6.04 Å². The standard InChI is InChI=1S/C15H16N4O2S/c16-8-13-17-12(9-22-13)14(20)18-11-6-7-19(15(11)21)10-4-2-1-3-5-10/h1-5,9,11H,6-8,16H2,(H,18,20). The average molecular weight is 316 g/mol. The lowest BCUT2D eigenvalue weighted by Crippen LogP contribution is -2.41. The maximum absolute atomic E-state index is 12.4. The Kier molecular flexibility index (Phi) is 4.17. The lowest BCUT2D eigenvalue weighted by Gasteiger charge is -2.16. The van der Waals surface area contributed by atoms with Gasteiger partial charge in [-0.15, -0.1) is 11.3 Å². The van der Waals surface area contributed by atoms with Crippen LogP contribution in [0.3, 0.4) is 0 Å². The van der Waals surface area contributed by atoms with Crippen molar-refractivity contribution >= 4 is 28.8 Å². The van der Waals surface area contributed by atoms with Gasteiger partial charge in [0.05, 0.1) is 0 Å². The molecule has 2 amide bonds. The molecule has 22 heavy (non-hydrogen) atoms. The first-order valence-electron chi connectivity index (χ1n) is 7.01. The van der Waals surface area contributed by atoms with Gasteiger partial charge in [-0.2, -0.15) is 0 Å². The van der Waals surface area contributed by atoms with Crippen molar-refractivity contribution in [1.29, 1.82) is 0 Å². The number of nitrogens with zero attached hydrogens (tertiary/aromatic N) is 2. The van der Waals surface area contributed by atoms with Gasteiger partial charge in [-0.05, 0) is 18.6 Å². The fourth-order valence-electron chi connectivity index (χ4n) is 2.42. The Labute approximate surface area is 132 Å². The van der Waals surface area contributed by atoms with Gasteiger partial charge in [0.1, 0.15) is 16.7 Å². The summed E-state index contributed by atoms with van der Waals surface area (Å²) in [5, 5.41) is 5.12. The quantitative estimate of drug-likeness (QED) is 0.885. The monoisotopic (exact) mass is 316 g/mol. The Hall–Kier alpha value is -2.25. The van der Waals surface area contributed by atoms with E-state index >= 15 is 0 Å². The van der Waals surface area contributed by atoms with Crippen LogP contribution in [0.1, 0.15) is 21.9 Å². The van der Waals surface area contributed by atoms with Crippen LogP contribution in [0.5, 0.6) is 0 Å². The highest BCUT2D eigenvalue weighted by Gasteiger charge is 2.33. The molecule has 3 rings (SSSR count). The molecule has 0 radical (unpaired) electrons. The number of hydrogen-bond acceptors (Lipinski definition) is 5. The van der Waals surface area contributed by atoms with Crippen molar-refractivity contribution in [3.8, 4) is 0 Å². The fourth-order valence-corrected chi connectivity index (χ4v) is 3.07. The Morgan fingerprint density at radius 2 is 2.18 bits per heavy atom. The van der Waals surface area contributed by atoms with E-state index in [4.69, 9.17) is 5.73 Å². The van der Waals surface area contributed by atoms with Crippen LogP contribution >= 0.6 is 11.3 Å². The van der Waals surface area contributed by atoms with Crippen molar-refractivity contribution in [3.05, 3.63) is 46.4 Å². The smallest absolute Gasteiger partial charge is 0.271 e. The summed E-state index contributed by atoms with van der Waals surface area (Å²) in [5.41, 5.74) is 6.65. The third-order valence-electron chi connectivity index (χ3n) is 3.54. The van der Waals surface area contributed by atoms with Crippen molar-refractivity contribution in [2.45, 2.75) is 19.0 Å². The summed E-state index contributed by atoms with van der Waals surface area (Å²) in [4.78, 5) is 30.4. The van der Waals surface area contributed by atoms with Gasteiger partial charge in [-0.1, -0.05) is 18.2 Å². The van der Waals surface area contributed by atoms with Gasteiger partial charge in [-0.3, -0.25) is 9.59 Å². The van der Waals surface area contributed by atoms with E-state index in [0.717, 1.165) is 5.69 Å². The third-order valence-corrected chi connectivity index (χ3v) is 4.41. The predicted molar refractivity (Wildman–Crippen MR) is 84.7 cm³/mol. The molecule has 1 fully saturated rings. The van der Waals surface area contributed by atoms with Crippen molar-refractivity contribution in [1.82, 2.24) is 10.3 Å². The van der Waals surface area contributed by atoms with E-state index in [1.807, 2.05) is 30.3 Å². The van der Waals surface area contributed by atoms with Gasteiger partial charge < -0.3 is 16.0 Å². The van der Waals surface area contributed by atoms with E-state index in [9.17, 15) is 9.59 Å². The summed E-state index contributed by atoms with van der Waals surface area (Å²) >= 11 is 1.34. The minimum atomic E-state index is -0.504. The van der Waals surface area contributed by atoms with Crippen LogP contribution in [0, 0.1) is 0 Å². The molecule has 3 N–H and O–H groups in total. The summed E-state index contributed by atoms with van der Waals surface area (Å²) in [6.07, 6.45) is 0.591. The van der Waals surface area contributed by atoms with Crippen LogP contribution in [-0.4, -0.2) is 29.4 Å². The van der Waals surface area contributed by atoms with Crippen LogP contribution in [0.25, 0.3) is 0 Å². The Bertz CT molecular complexity index is 686. The highest BCUT2D eigenvalue weighted by atomic mass is 32.1. The molecule has 1 aliphatic heterocycles. The molecule has 0 bridgehead atoms. The maximum atomic E-state index is 12.4. The van der Waals surface area contributed by atoms with E-state index in [-0.39, 0.29) is 11.8 Å². The first-order chi connectivity index (χ1) is 10.7. The summed E-state index contributed by atoms with van der Waals surface area (Å²) in [7, 11) is 0. The number of nitrogens with two attached hydrogens (primary N) is 1. The molecule has 1 aliphatic rings. The van der Waals surface area contributed by atoms with Gasteiger partial charge in [0, 0.05) is 24.2 Å². The SMILES string of the molecule is NCc1nc(C(=O)NC2CCN(c3ccccc3)C2=O)cs1. The largest absolute Gasteiger partial charge is 0.339 e. The number of benzene rings is 1. The van der Waals surface area contributed by atoms with E-state index in [0.29, 0.717) is 30.2 Å². The molecule has 7 heteroatoms. The molecule has 6 nitrogen and oxygen atoms in total. The molecule has 114 valence electrons. The summed E-state index contributed by atoms with van der Waals surface area (Å²) in [6.45, 7) is 0.904. The van der Waals surface area contributed by atoms with Crippen molar-refractivity contribution in [2.24, 2.45) is 5.73 Å². The van der Waals surface area contributed by atoms with Crippen molar-refractivity contribution in [3.63, 3.8) is 0 Å². The number of aromatic nitrogens is 1. The molecular weight excluding hydrogens is 300 g/mol. The van der Waals surface area contributed by atoms with E-state index in [2.05, 4.69) is 10.3 Å². The normalized spacial score (nSPS) is 17.8. The van der Waals surface area contributed by atoms with Crippen LogP contribution in [0.2, 0.25) is 0 Å². The van der Waals surface area contributed by atoms with Crippen LogP contribution in [-0.2, 0) is 11.3 Å². The second kappa shape index (κ2) is 6.25. The minimum Gasteiger partial charge on any atom is -0.339 e. The lowest BCUT2D eigenvalue weighted by atomic mass is 10.2. The molecule has 0 spiro atoms. The highest BCUT2D eigenvalue weighted by molar-refractivity contribution is 7.09. The van der Waals surface area contributed by atoms with Crippen molar-refractivity contribution in [2.75, 3.05) is 11.4 Å². The predicted octanol–water partition coefficient (Wildman–Crippen LogP) is 1.14. The highest BCUT2D eigenvalue weighted by Crippen LogP contribution is 2.21. The first kappa shape index (κ1) is 14.7. The Balaban J connectivity index is 1.67. The zero-order valence-electron chi connectivity index (χ0n) is 11.9. The number of anilines is 1. The molecule has 1 atom stereocenters. The van der Waals surface area contributed by atoms with E-state index in [1.54, 1.807) is 10.3 Å². The van der Waals surface area contributed by atoms with Gasteiger partial charge in [0.15, 0.2) is 0 Å². The molecule has 2 aromatic rings. The van der Waals surface area contributed by atoms with Gasteiger partial charge >= 0.3 is 0 Å². The van der Waals surface area contributed by atoms with Gasteiger partial charge in [0.25, 0.3) is 5.91 Å². The first-order valence-corrected chi connectivity index (χ1v) is 7.89. The Morgan fingerprint density at radius 1 is 1.41 bits per heavy atom. The zero-order chi connectivity index (χ0) is 15.5. The number of carbonyl (C=O) groups excluding carboxylic acids is 2. The number of amides is 2. The third kappa shape index (κ3) is 2.86.